The lowest BCUT2D eigenvalue weighted by molar-refractivity contribution is 0.0319. The minimum atomic E-state index is -0.431. The Bertz CT molecular complexity index is 1210. The molecular formula is C40H54O4. The van der Waals surface area contributed by atoms with Crippen LogP contribution in [0.1, 0.15) is 143 Å². The first kappa shape index (κ1) is 35.1. The first-order valence-corrected chi connectivity index (χ1v) is 17.2. The Balaban J connectivity index is 1.39. The molecule has 1 atom stereocenters. The van der Waals surface area contributed by atoms with Gasteiger partial charge in [0.2, 0.25) is 0 Å². The minimum Gasteiger partial charge on any atom is -0.459 e. The summed E-state index contributed by atoms with van der Waals surface area (Å²) < 4.78 is 11.1. The standard InChI is InChI=1S/C40H54O4/c1-4-6-8-10-11-12-13-14-15-17-19-33-20-22-34(23-21-33)35-24-26-36(27-25-35)40(42)44-38-30-28-37(29-31-38)39(41)43-32(3)18-16-9-7-5-2/h20-32H,4-19H2,1-3H3. The molecular weight excluding hydrogens is 544 g/mol. The molecule has 0 saturated heterocycles. The number of esters is 2. The number of carbonyl (C=O) groups excluding carboxylic acids is 2. The number of benzene rings is 3. The normalized spacial score (nSPS) is 11.7. The van der Waals surface area contributed by atoms with Crippen molar-refractivity contribution in [2.24, 2.45) is 0 Å². The van der Waals surface area contributed by atoms with E-state index in [1.807, 2.05) is 19.1 Å². The van der Waals surface area contributed by atoms with Crippen molar-refractivity contribution in [1.82, 2.24) is 0 Å². The fourth-order valence-corrected chi connectivity index (χ4v) is 5.47. The van der Waals surface area contributed by atoms with Crippen molar-refractivity contribution in [3.63, 3.8) is 0 Å². The predicted octanol–water partition coefficient (Wildman–Crippen LogP) is 11.6. The van der Waals surface area contributed by atoms with Gasteiger partial charge in [0, 0.05) is 0 Å². The van der Waals surface area contributed by atoms with Crippen LogP contribution in [-0.2, 0) is 11.2 Å². The molecule has 0 aliphatic carbocycles. The predicted molar refractivity (Wildman–Crippen MR) is 182 cm³/mol. The molecule has 0 spiro atoms. The number of hydrogen-bond donors (Lipinski definition) is 0. The molecule has 0 saturated carbocycles. The maximum Gasteiger partial charge on any atom is 0.343 e. The number of aryl methyl sites for hydroxylation is 1. The molecule has 0 aliphatic rings. The number of ether oxygens (including phenoxy) is 2. The smallest absolute Gasteiger partial charge is 0.343 e. The highest BCUT2D eigenvalue weighted by atomic mass is 16.5. The van der Waals surface area contributed by atoms with Crippen LogP contribution in [0, 0.1) is 0 Å². The van der Waals surface area contributed by atoms with E-state index in [1.54, 1.807) is 36.4 Å². The van der Waals surface area contributed by atoms with Gasteiger partial charge in [0.25, 0.3) is 0 Å². The zero-order valence-electron chi connectivity index (χ0n) is 27.5. The van der Waals surface area contributed by atoms with Gasteiger partial charge in [-0.25, -0.2) is 9.59 Å². The Morgan fingerprint density at radius 1 is 0.545 bits per heavy atom. The average molecular weight is 599 g/mol. The van der Waals surface area contributed by atoms with E-state index in [2.05, 4.69) is 38.1 Å². The second kappa shape index (κ2) is 20.5. The summed E-state index contributed by atoms with van der Waals surface area (Å²) in [6.45, 7) is 6.38. The first-order valence-electron chi connectivity index (χ1n) is 17.2. The van der Waals surface area contributed by atoms with Crippen LogP contribution >= 0.6 is 0 Å². The van der Waals surface area contributed by atoms with Crippen molar-refractivity contribution in [3.05, 3.63) is 89.5 Å². The summed E-state index contributed by atoms with van der Waals surface area (Å²) in [6, 6.07) is 22.8. The number of carbonyl (C=O) groups is 2. The second-order valence-corrected chi connectivity index (χ2v) is 12.2. The Morgan fingerprint density at radius 3 is 1.57 bits per heavy atom. The lowest BCUT2D eigenvalue weighted by atomic mass is 10.00. The fraction of sp³-hybridized carbons (Fsp3) is 0.500. The summed E-state index contributed by atoms with van der Waals surface area (Å²) >= 11 is 0. The summed E-state index contributed by atoms with van der Waals surface area (Å²) in [5.74, 6) is -0.394. The topological polar surface area (TPSA) is 52.6 Å². The molecule has 44 heavy (non-hydrogen) atoms. The molecule has 238 valence electrons. The summed E-state index contributed by atoms with van der Waals surface area (Å²) in [5.41, 5.74) is 4.50. The van der Waals surface area contributed by atoms with E-state index in [9.17, 15) is 9.59 Å². The highest BCUT2D eigenvalue weighted by molar-refractivity contribution is 5.92. The Kier molecular flexibility index (Phi) is 16.4. The zero-order chi connectivity index (χ0) is 31.4. The van der Waals surface area contributed by atoms with E-state index in [1.165, 1.54) is 82.6 Å². The maximum absolute atomic E-state index is 12.7. The molecule has 3 aromatic carbocycles. The van der Waals surface area contributed by atoms with Gasteiger partial charge in [-0.2, -0.15) is 0 Å². The SMILES string of the molecule is CCCCCCCCCCCCc1ccc(-c2ccc(C(=O)Oc3ccc(C(=O)OC(C)CCCCCC)cc3)cc2)cc1. The lowest BCUT2D eigenvalue weighted by Crippen LogP contribution is -2.15. The van der Waals surface area contributed by atoms with Crippen LogP contribution in [0.2, 0.25) is 0 Å². The summed E-state index contributed by atoms with van der Waals surface area (Å²) in [7, 11) is 0. The van der Waals surface area contributed by atoms with E-state index in [4.69, 9.17) is 9.47 Å². The lowest BCUT2D eigenvalue weighted by Gasteiger charge is -2.13. The Morgan fingerprint density at radius 2 is 1.00 bits per heavy atom. The minimum absolute atomic E-state index is 0.118. The molecule has 0 heterocycles. The van der Waals surface area contributed by atoms with Crippen molar-refractivity contribution >= 4 is 11.9 Å². The van der Waals surface area contributed by atoms with Crippen molar-refractivity contribution < 1.29 is 19.1 Å². The number of hydrogen-bond acceptors (Lipinski definition) is 4. The van der Waals surface area contributed by atoms with E-state index < -0.39 is 5.97 Å². The third kappa shape index (κ3) is 13.1. The van der Waals surface area contributed by atoms with Gasteiger partial charge in [0.05, 0.1) is 17.2 Å². The molecule has 0 radical (unpaired) electrons. The quantitative estimate of drug-likeness (QED) is 0.0695. The molecule has 3 aromatic rings. The van der Waals surface area contributed by atoms with Crippen LogP contribution < -0.4 is 4.74 Å². The van der Waals surface area contributed by atoms with Gasteiger partial charge >= 0.3 is 11.9 Å². The molecule has 0 amide bonds. The van der Waals surface area contributed by atoms with Gasteiger partial charge in [0.1, 0.15) is 5.75 Å². The third-order valence-corrected chi connectivity index (χ3v) is 8.30. The van der Waals surface area contributed by atoms with E-state index in [-0.39, 0.29) is 12.1 Å². The summed E-state index contributed by atoms with van der Waals surface area (Å²) in [6.07, 6.45) is 20.1. The van der Waals surface area contributed by atoms with Crippen LogP contribution in [0.15, 0.2) is 72.8 Å². The van der Waals surface area contributed by atoms with E-state index in [0.29, 0.717) is 16.9 Å². The van der Waals surface area contributed by atoms with E-state index >= 15 is 0 Å². The summed E-state index contributed by atoms with van der Waals surface area (Å²) in [5, 5.41) is 0. The van der Waals surface area contributed by atoms with Gasteiger partial charge in [-0.1, -0.05) is 127 Å². The van der Waals surface area contributed by atoms with Crippen molar-refractivity contribution in [3.8, 4) is 16.9 Å². The Hall–Kier alpha value is -3.40. The maximum atomic E-state index is 12.7. The van der Waals surface area contributed by atoms with Gasteiger partial charge in [-0.3, -0.25) is 0 Å². The fourth-order valence-electron chi connectivity index (χ4n) is 5.47. The van der Waals surface area contributed by atoms with Gasteiger partial charge < -0.3 is 9.47 Å². The molecule has 0 bridgehead atoms. The number of unbranched alkanes of at least 4 members (excludes halogenated alkanes) is 12. The molecule has 4 heteroatoms. The van der Waals surface area contributed by atoms with Crippen LogP contribution in [0.25, 0.3) is 11.1 Å². The molecule has 0 N–H and O–H groups in total. The van der Waals surface area contributed by atoms with E-state index in [0.717, 1.165) is 36.8 Å². The highest BCUT2D eigenvalue weighted by Crippen LogP contribution is 2.23. The number of rotatable bonds is 21. The highest BCUT2D eigenvalue weighted by Gasteiger charge is 2.14. The first-order chi connectivity index (χ1) is 21.5. The molecule has 0 fully saturated rings. The van der Waals surface area contributed by atoms with Crippen LogP contribution in [0.4, 0.5) is 0 Å². The van der Waals surface area contributed by atoms with Gasteiger partial charge in [0.15, 0.2) is 0 Å². The monoisotopic (exact) mass is 598 g/mol. The third-order valence-electron chi connectivity index (χ3n) is 8.30. The van der Waals surface area contributed by atoms with Crippen molar-refractivity contribution in [2.45, 2.75) is 130 Å². The van der Waals surface area contributed by atoms with Gasteiger partial charge in [-0.15, -0.1) is 0 Å². The van der Waals surface area contributed by atoms with Crippen LogP contribution in [0.5, 0.6) is 5.75 Å². The van der Waals surface area contributed by atoms with Crippen LogP contribution in [0.3, 0.4) is 0 Å². The molecule has 3 rings (SSSR count). The second-order valence-electron chi connectivity index (χ2n) is 12.2. The average Bonchev–Trinajstić information content (AvgIpc) is 3.04. The molecule has 0 aliphatic heterocycles. The zero-order valence-corrected chi connectivity index (χ0v) is 27.5. The largest absolute Gasteiger partial charge is 0.459 e. The van der Waals surface area contributed by atoms with Crippen molar-refractivity contribution in [2.75, 3.05) is 0 Å². The van der Waals surface area contributed by atoms with Gasteiger partial charge in [-0.05, 0) is 85.7 Å². The molecule has 1 unspecified atom stereocenters. The summed E-state index contributed by atoms with van der Waals surface area (Å²) in [4.78, 5) is 25.2. The van der Waals surface area contributed by atoms with Crippen molar-refractivity contribution in [1.29, 1.82) is 0 Å². The Labute approximate surface area is 266 Å². The molecule has 4 nitrogen and oxygen atoms in total. The van der Waals surface area contributed by atoms with Crippen LogP contribution in [-0.4, -0.2) is 18.0 Å². The molecule has 0 aromatic heterocycles.